The Balaban J connectivity index is 2.41. The molecule has 2 nitrogen and oxygen atoms in total. The molecule has 0 heterocycles. The van der Waals surface area contributed by atoms with Crippen molar-refractivity contribution in [2.75, 3.05) is 0 Å². The topological polar surface area (TPSA) is 46.2 Å². The highest BCUT2D eigenvalue weighted by atomic mass is 16.3. The van der Waals surface area contributed by atoms with Gasteiger partial charge in [0.25, 0.3) is 0 Å². The third kappa shape index (κ3) is 1.43. The predicted octanol–water partition coefficient (Wildman–Crippen LogP) is 0.495. The van der Waals surface area contributed by atoms with Crippen molar-refractivity contribution in [3.05, 3.63) is 0 Å². The monoisotopic (exact) mass is 129 g/mol. The van der Waals surface area contributed by atoms with E-state index in [1.807, 2.05) is 6.92 Å². The Kier molecular flexibility index (Phi) is 2.09. The maximum Gasteiger partial charge on any atom is 0.0580 e. The Morgan fingerprint density at radius 3 is 2.56 bits per heavy atom. The molecule has 9 heavy (non-hydrogen) atoms. The normalized spacial score (nSPS) is 45.0. The number of rotatable bonds is 0. The van der Waals surface area contributed by atoms with Crippen LogP contribution in [0.1, 0.15) is 26.2 Å². The Morgan fingerprint density at radius 1 is 1.44 bits per heavy atom. The van der Waals surface area contributed by atoms with E-state index in [1.54, 1.807) is 0 Å². The summed E-state index contributed by atoms with van der Waals surface area (Å²) in [5.41, 5.74) is 5.71. The van der Waals surface area contributed by atoms with Crippen LogP contribution in [0.4, 0.5) is 0 Å². The predicted molar refractivity (Wildman–Crippen MR) is 37.0 cm³/mol. The Labute approximate surface area is 56.1 Å². The summed E-state index contributed by atoms with van der Waals surface area (Å²) >= 11 is 0. The summed E-state index contributed by atoms with van der Waals surface area (Å²) in [7, 11) is 0. The molecular weight excluding hydrogens is 114 g/mol. The Morgan fingerprint density at radius 2 is 2.11 bits per heavy atom. The van der Waals surface area contributed by atoms with E-state index in [4.69, 9.17) is 5.73 Å². The average molecular weight is 129 g/mol. The van der Waals surface area contributed by atoms with Crippen molar-refractivity contribution in [2.24, 2.45) is 11.7 Å². The average Bonchev–Trinajstić information content (AvgIpc) is 1.83. The smallest absolute Gasteiger partial charge is 0.0580 e. The van der Waals surface area contributed by atoms with Crippen LogP contribution >= 0.6 is 0 Å². The molecule has 1 fully saturated rings. The van der Waals surface area contributed by atoms with Gasteiger partial charge in [-0.05, 0) is 25.2 Å². The lowest BCUT2D eigenvalue weighted by molar-refractivity contribution is 0.0671. The first-order chi connectivity index (χ1) is 4.22. The van der Waals surface area contributed by atoms with Gasteiger partial charge in [0.15, 0.2) is 0 Å². The van der Waals surface area contributed by atoms with E-state index >= 15 is 0 Å². The van der Waals surface area contributed by atoms with E-state index in [9.17, 15) is 5.11 Å². The minimum Gasteiger partial charge on any atom is -0.393 e. The maximum atomic E-state index is 9.27. The molecule has 1 aliphatic carbocycles. The van der Waals surface area contributed by atoms with Crippen LogP contribution in [-0.2, 0) is 0 Å². The molecule has 0 aromatic heterocycles. The van der Waals surface area contributed by atoms with Crippen LogP contribution in [0.25, 0.3) is 0 Å². The minimum atomic E-state index is -0.145. The zero-order valence-corrected chi connectivity index (χ0v) is 5.88. The Bertz CT molecular complexity index is 84.9. The second-order valence-electron chi connectivity index (χ2n) is 3.02. The summed E-state index contributed by atoms with van der Waals surface area (Å²) in [6, 6.07) is 0.230. The summed E-state index contributed by atoms with van der Waals surface area (Å²) < 4.78 is 0. The van der Waals surface area contributed by atoms with Gasteiger partial charge in [-0.25, -0.2) is 0 Å². The molecule has 0 saturated heterocycles. The number of hydrogen-bond donors (Lipinski definition) is 2. The van der Waals surface area contributed by atoms with Crippen molar-refractivity contribution in [3.63, 3.8) is 0 Å². The van der Waals surface area contributed by atoms with Gasteiger partial charge in [0, 0.05) is 6.04 Å². The van der Waals surface area contributed by atoms with Crippen molar-refractivity contribution in [1.29, 1.82) is 0 Å². The van der Waals surface area contributed by atoms with E-state index in [-0.39, 0.29) is 12.1 Å². The molecule has 1 rings (SSSR count). The molecule has 54 valence electrons. The van der Waals surface area contributed by atoms with Crippen molar-refractivity contribution >= 4 is 0 Å². The van der Waals surface area contributed by atoms with Crippen LogP contribution in [0.2, 0.25) is 0 Å². The van der Waals surface area contributed by atoms with Gasteiger partial charge in [-0.2, -0.15) is 0 Å². The highest BCUT2D eigenvalue weighted by Gasteiger charge is 2.24. The van der Waals surface area contributed by atoms with Crippen molar-refractivity contribution in [3.8, 4) is 0 Å². The number of aliphatic hydroxyl groups is 1. The second-order valence-corrected chi connectivity index (χ2v) is 3.02. The van der Waals surface area contributed by atoms with Gasteiger partial charge in [0.1, 0.15) is 0 Å². The molecule has 1 saturated carbocycles. The molecule has 3 N–H and O–H groups in total. The van der Waals surface area contributed by atoms with Crippen LogP contribution in [-0.4, -0.2) is 17.3 Å². The van der Waals surface area contributed by atoms with E-state index in [0.29, 0.717) is 5.92 Å². The molecule has 2 heteroatoms. The van der Waals surface area contributed by atoms with E-state index in [2.05, 4.69) is 0 Å². The fraction of sp³-hybridized carbons (Fsp3) is 1.00. The van der Waals surface area contributed by atoms with Gasteiger partial charge in [-0.15, -0.1) is 0 Å². The van der Waals surface area contributed by atoms with Gasteiger partial charge in [-0.1, -0.05) is 6.92 Å². The van der Waals surface area contributed by atoms with Gasteiger partial charge >= 0.3 is 0 Å². The third-order valence-corrected chi connectivity index (χ3v) is 2.32. The largest absolute Gasteiger partial charge is 0.393 e. The number of aliphatic hydroxyl groups excluding tert-OH is 1. The first-order valence-corrected chi connectivity index (χ1v) is 3.65. The SMILES string of the molecule is C[C@@H]1[C@H](O)CCC[C@@H]1N. The summed E-state index contributed by atoms with van der Waals surface area (Å²) in [5.74, 6) is 0.304. The maximum absolute atomic E-state index is 9.27. The van der Waals surface area contributed by atoms with E-state index < -0.39 is 0 Å². The number of nitrogens with two attached hydrogens (primary N) is 1. The summed E-state index contributed by atoms with van der Waals surface area (Å²) in [6.07, 6.45) is 2.97. The Hall–Kier alpha value is -0.0800. The minimum absolute atomic E-state index is 0.145. The fourth-order valence-electron chi connectivity index (χ4n) is 1.37. The lowest BCUT2D eigenvalue weighted by Crippen LogP contribution is -2.39. The zero-order valence-electron chi connectivity index (χ0n) is 5.88. The first-order valence-electron chi connectivity index (χ1n) is 3.65. The van der Waals surface area contributed by atoms with Gasteiger partial charge < -0.3 is 10.8 Å². The quantitative estimate of drug-likeness (QED) is 0.500. The van der Waals surface area contributed by atoms with Crippen molar-refractivity contribution in [1.82, 2.24) is 0 Å². The molecule has 3 atom stereocenters. The number of hydrogen-bond acceptors (Lipinski definition) is 2. The first kappa shape index (κ1) is 7.03. The van der Waals surface area contributed by atoms with Gasteiger partial charge in [-0.3, -0.25) is 0 Å². The zero-order chi connectivity index (χ0) is 6.85. The summed E-state index contributed by atoms with van der Waals surface area (Å²) in [6.45, 7) is 2.02. The van der Waals surface area contributed by atoms with E-state index in [0.717, 1.165) is 19.3 Å². The summed E-state index contributed by atoms with van der Waals surface area (Å²) in [5, 5.41) is 9.27. The standard InChI is InChI=1S/C7H15NO/c1-5-6(8)3-2-4-7(5)9/h5-7,9H,2-4,8H2,1H3/t5-,6-,7+/m0/s1. The molecule has 0 bridgehead atoms. The highest BCUT2D eigenvalue weighted by molar-refractivity contribution is 4.80. The fourth-order valence-corrected chi connectivity index (χ4v) is 1.37. The van der Waals surface area contributed by atoms with Crippen LogP contribution in [0, 0.1) is 5.92 Å². The molecule has 1 aliphatic rings. The van der Waals surface area contributed by atoms with Crippen LogP contribution < -0.4 is 5.73 Å². The molecule has 0 amide bonds. The van der Waals surface area contributed by atoms with Crippen molar-refractivity contribution < 1.29 is 5.11 Å². The third-order valence-electron chi connectivity index (χ3n) is 2.32. The second kappa shape index (κ2) is 2.67. The van der Waals surface area contributed by atoms with Crippen LogP contribution in [0.15, 0.2) is 0 Å². The molecular formula is C7H15NO. The van der Waals surface area contributed by atoms with Crippen molar-refractivity contribution in [2.45, 2.75) is 38.3 Å². The lowest BCUT2D eigenvalue weighted by atomic mass is 9.84. The molecule has 0 aromatic rings. The van der Waals surface area contributed by atoms with Crippen LogP contribution in [0.3, 0.4) is 0 Å². The molecule has 0 unspecified atom stereocenters. The van der Waals surface area contributed by atoms with Gasteiger partial charge in [0.05, 0.1) is 6.10 Å². The molecule has 0 radical (unpaired) electrons. The molecule has 0 aliphatic heterocycles. The van der Waals surface area contributed by atoms with E-state index in [1.165, 1.54) is 0 Å². The lowest BCUT2D eigenvalue weighted by Gasteiger charge is -2.29. The van der Waals surface area contributed by atoms with Gasteiger partial charge in [0.2, 0.25) is 0 Å². The van der Waals surface area contributed by atoms with Crippen LogP contribution in [0.5, 0.6) is 0 Å². The highest BCUT2D eigenvalue weighted by Crippen LogP contribution is 2.22. The molecule has 0 aromatic carbocycles. The summed E-state index contributed by atoms with van der Waals surface area (Å²) in [4.78, 5) is 0. The molecule has 0 spiro atoms.